The van der Waals surface area contributed by atoms with Crippen LogP contribution in [0.3, 0.4) is 0 Å². The van der Waals surface area contributed by atoms with Crippen LogP contribution in [0, 0.1) is 11.8 Å². The van der Waals surface area contributed by atoms with Crippen molar-refractivity contribution in [3.63, 3.8) is 0 Å². The molecule has 0 aromatic rings. The lowest BCUT2D eigenvalue weighted by Crippen LogP contribution is -2.43. The van der Waals surface area contributed by atoms with Crippen molar-refractivity contribution in [2.24, 2.45) is 11.8 Å². The second kappa shape index (κ2) is 7.10. The zero-order valence-corrected chi connectivity index (χ0v) is 13.4. The minimum Gasteiger partial charge on any atom is -0.381 e. The molecule has 0 aromatic heterocycles. The zero-order chi connectivity index (χ0) is 14.7. The Hall–Kier alpha value is -0.610. The number of nitrogens with one attached hydrogen (secondary N) is 1. The molecule has 2 aliphatic carbocycles. The van der Waals surface area contributed by atoms with Crippen LogP contribution in [0.15, 0.2) is 0 Å². The maximum absolute atomic E-state index is 12.5. The number of amides is 1. The molecule has 21 heavy (non-hydrogen) atoms. The fraction of sp³-hybridized carbons (Fsp3) is 0.941. The molecule has 2 unspecified atom stereocenters. The molecule has 0 spiro atoms. The molecule has 0 bridgehead atoms. The van der Waals surface area contributed by atoms with Crippen LogP contribution in [0.25, 0.3) is 0 Å². The van der Waals surface area contributed by atoms with Crippen molar-refractivity contribution < 1.29 is 9.53 Å². The van der Waals surface area contributed by atoms with Crippen molar-refractivity contribution >= 4 is 5.91 Å². The topological polar surface area (TPSA) is 41.6 Å². The van der Waals surface area contributed by atoms with Crippen LogP contribution in [0.1, 0.15) is 58.3 Å². The molecule has 1 saturated heterocycles. The van der Waals surface area contributed by atoms with Gasteiger partial charge in [0.25, 0.3) is 0 Å². The Balaban J connectivity index is 1.47. The number of ether oxygens (including phenoxy) is 1. The van der Waals surface area contributed by atoms with Gasteiger partial charge in [0.15, 0.2) is 0 Å². The van der Waals surface area contributed by atoms with Gasteiger partial charge in [-0.1, -0.05) is 19.8 Å². The normalized spacial score (nSPS) is 30.5. The van der Waals surface area contributed by atoms with Crippen LogP contribution >= 0.6 is 0 Å². The average Bonchev–Trinajstić information content (AvgIpc) is 3.04. The molecule has 1 heterocycles. The molecule has 1 amide bonds. The second-order valence-electron chi connectivity index (χ2n) is 7.02. The van der Waals surface area contributed by atoms with Crippen LogP contribution in [0.5, 0.6) is 0 Å². The van der Waals surface area contributed by atoms with Crippen LogP contribution in [0.2, 0.25) is 0 Å². The van der Waals surface area contributed by atoms with Gasteiger partial charge in [0.1, 0.15) is 0 Å². The van der Waals surface area contributed by atoms with Crippen LogP contribution in [-0.2, 0) is 9.53 Å². The molecular formula is C17H30N2O2. The van der Waals surface area contributed by atoms with Gasteiger partial charge in [-0.15, -0.1) is 0 Å². The molecule has 0 aromatic carbocycles. The third kappa shape index (κ3) is 3.78. The van der Waals surface area contributed by atoms with E-state index in [0.717, 1.165) is 38.5 Å². The quantitative estimate of drug-likeness (QED) is 0.699. The van der Waals surface area contributed by atoms with Gasteiger partial charge >= 0.3 is 0 Å². The maximum Gasteiger partial charge on any atom is 0.241 e. The predicted molar refractivity (Wildman–Crippen MR) is 82.8 cm³/mol. The van der Waals surface area contributed by atoms with Crippen molar-refractivity contribution in [3.05, 3.63) is 0 Å². The molecule has 2 saturated carbocycles. The molecule has 4 heteroatoms. The summed E-state index contributed by atoms with van der Waals surface area (Å²) in [5, 5.41) is 3.59. The largest absolute Gasteiger partial charge is 0.381 e. The molecular weight excluding hydrogens is 264 g/mol. The van der Waals surface area contributed by atoms with Gasteiger partial charge in [-0.05, 0) is 50.4 Å². The maximum atomic E-state index is 12.5. The van der Waals surface area contributed by atoms with Crippen LogP contribution in [-0.4, -0.2) is 42.8 Å². The zero-order valence-electron chi connectivity index (χ0n) is 13.4. The first-order valence-electron chi connectivity index (χ1n) is 8.94. The number of nitrogens with zero attached hydrogens (tertiary/aromatic N) is 1. The summed E-state index contributed by atoms with van der Waals surface area (Å²) < 4.78 is 5.71. The van der Waals surface area contributed by atoms with E-state index < -0.39 is 0 Å². The lowest BCUT2D eigenvalue weighted by Gasteiger charge is -2.29. The first-order chi connectivity index (χ1) is 10.3. The number of hydrogen-bond acceptors (Lipinski definition) is 3. The van der Waals surface area contributed by atoms with Gasteiger partial charge in [0, 0.05) is 19.8 Å². The van der Waals surface area contributed by atoms with Crippen molar-refractivity contribution in [1.82, 2.24) is 10.2 Å². The summed E-state index contributed by atoms with van der Waals surface area (Å²) >= 11 is 0. The summed E-state index contributed by atoms with van der Waals surface area (Å²) in [6, 6.07) is 0.0444. The Morgan fingerprint density at radius 3 is 2.67 bits per heavy atom. The minimum atomic E-state index is 0.0444. The summed E-state index contributed by atoms with van der Waals surface area (Å²) in [6.45, 7) is 4.68. The van der Waals surface area contributed by atoms with E-state index in [9.17, 15) is 4.79 Å². The van der Waals surface area contributed by atoms with Gasteiger partial charge < -0.3 is 9.64 Å². The van der Waals surface area contributed by atoms with E-state index in [1.807, 2.05) is 0 Å². The monoisotopic (exact) mass is 294 g/mol. The highest BCUT2D eigenvalue weighted by Gasteiger charge is 2.41. The number of hydrogen-bond donors (Lipinski definition) is 1. The van der Waals surface area contributed by atoms with Gasteiger partial charge in [0.05, 0.1) is 12.2 Å². The molecule has 2 atom stereocenters. The molecule has 4 nitrogen and oxygen atoms in total. The van der Waals surface area contributed by atoms with Crippen LogP contribution in [0.4, 0.5) is 0 Å². The standard InChI is InChI=1S/C17H30N2O2/c1-2-15-17(20)19(10-5-11-21-12-13-8-9-13)16(18-15)14-6-3-4-7-14/h13-16,18H,2-12H2,1H3. The highest BCUT2D eigenvalue weighted by Crippen LogP contribution is 2.32. The van der Waals surface area contributed by atoms with E-state index in [0.29, 0.717) is 11.8 Å². The van der Waals surface area contributed by atoms with E-state index in [1.165, 1.54) is 38.5 Å². The van der Waals surface area contributed by atoms with Crippen LogP contribution < -0.4 is 5.32 Å². The smallest absolute Gasteiger partial charge is 0.241 e. The Kier molecular flexibility index (Phi) is 5.17. The highest BCUT2D eigenvalue weighted by atomic mass is 16.5. The lowest BCUT2D eigenvalue weighted by molar-refractivity contribution is -0.130. The van der Waals surface area contributed by atoms with Crippen molar-refractivity contribution in [1.29, 1.82) is 0 Å². The van der Waals surface area contributed by atoms with Gasteiger partial charge in [0.2, 0.25) is 5.91 Å². The molecule has 0 radical (unpaired) electrons. The van der Waals surface area contributed by atoms with E-state index in [2.05, 4.69) is 17.1 Å². The Morgan fingerprint density at radius 1 is 1.24 bits per heavy atom. The third-order valence-corrected chi connectivity index (χ3v) is 5.28. The average molecular weight is 294 g/mol. The molecule has 1 N–H and O–H groups in total. The van der Waals surface area contributed by atoms with Gasteiger partial charge in [-0.3, -0.25) is 10.1 Å². The Labute approximate surface area is 128 Å². The van der Waals surface area contributed by atoms with E-state index >= 15 is 0 Å². The Morgan fingerprint density at radius 2 is 2.00 bits per heavy atom. The molecule has 3 rings (SSSR count). The minimum absolute atomic E-state index is 0.0444. The summed E-state index contributed by atoms with van der Waals surface area (Å²) in [6.07, 6.45) is 10.0. The second-order valence-corrected chi connectivity index (χ2v) is 7.02. The SMILES string of the molecule is CCC1NC(C2CCCC2)N(CCCOCC2CC2)C1=O. The summed E-state index contributed by atoms with van der Waals surface area (Å²) in [5.74, 6) is 1.81. The summed E-state index contributed by atoms with van der Waals surface area (Å²) in [7, 11) is 0. The Bertz CT molecular complexity index is 351. The lowest BCUT2D eigenvalue weighted by atomic mass is 10.0. The number of rotatable bonds is 8. The van der Waals surface area contributed by atoms with Gasteiger partial charge in [-0.25, -0.2) is 0 Å². The van der Waals surface area contributed by atoms with Crippen molar-refractivity contribution in [3.8, 4) is 0 Å². The van der Waals surface area contributed by atoms with Gasteiger partial charge in [-0.2, -0.15) is 0 Å². The summed E-state index contributed by atoms with van der Waals surface area (Å²) in [4.78, 5) is 14.6. The third-order valence-electron chi connectivity index (χ3n) is 5.28. The van der Waals surface area contributed by atoms with E-state index in [4.69, 9.17) is 4.74 Å². The fourth-order valence-corrected chi connectivity index (χ4v) is 3.78. The molecule has 3 aliphatic rings. The fourth-order valence-electron chi connectivity index (χ4n) is 3.78. The predicted octanol–water partition coefficient (Wildman–Crippen LogP) is 2.53. The van der Waals surface area contributed by atoms with Crippen molar-refractivity contribution in [2.45, 2.75) is 70.5 Å². The number of carbonyl (C=O) groups excluding carboxylic acids is 1. The van der Waals surface area contributed by atoms with Crippen molar-refractivity contribution in [2.75, 3.05) is 19.8 Å². The molecule has 1 aliphatic heterocycles. The summed E-state index contributed by atoms with van der Waals surface area (Å²) in [5.41, 5.74) is 0. The molecule has 3 fully saturated rings. The van der Waals surface area contributed by atoms with E-state index in [-0.39, 0.29) is 12.2 Å². The number of carbonyl (C=O) groups is 1. The molecule has 120 valence electrons. The highest BCUT2D eigenvalue weighted by molar-refractivity contribution is 5.84. The first kappa shape index (κ1) is 15.3. The van der Waals surface area contributed by atoms with E-state index in [1.54, 1.807) is 0 Å². The first-order valence-corrected chi connectivity index (χ1v) is 8.94.